The predicted molar refractivity (Wildman–Crippen MR) is 116 cm³/mol. The molecule has 0 spiro atoms. The number of nitrogens with zero attached hydrogens (tertiary/aromatic N) is 4. The lowest BCUT2D eigenvalue weighted by Crippen LogP contribution is -2.54. The van der Waals surface area contributed by atoms with Crippen molar-refractivity contribution in [1.82, 2.24) is 14.7 Å². The van der Waals surface area contributed by atoms with Crippen LogP contribution >= 0.6 is 45.8 Å². The molecule has 3 rings (SSSR count). The molecule has 1 aromatic carbocycles. The lowest BCUT2D eigenvalue weighted by molar-refractivity contribution is -0.117. The maximum absolute atomic E-state index is 11.9. The number of ether oxygens (including phenoxy) is 1. The molecule has 2 unspecified atom stereocenters. The van der Waals surface area contributed by atoms with E-state index in [9.17, 15) is 4.79 Å². The average molecular weight is 523 g/mol. The van der Waals surface area contributed by atoms with Crippen molar-refractivity contribution < 1.29 is 9.53 Å². The Morgan fingerprint density at radius 1 is 1.37 bits per heavy atom. The molecule has 146 valence electrons. The van der Waals surface area contributed by atoms with Gasteiger partial charge in [-0.1, -0.05) is 23.2 Å². The second kappa shape index (κ2) is 8.55. The van der Waals surface area contributed by atoms with Gasteiger partial charge in [0.15, 0.2) is 12.5 Å². The molecule has 1 aromatic heterocycles. The van der Waals surface area contributed by atoms with Gasteiger partial charge in [-0.3, -0.25) is 9.69 Å². The van der Waals surface area contributed by atoms with Crippen LogP contribution in [0.5, 0.6) is 5.75 Å². The molecule has 1 fully saturated rings. The summed E-state index contributed by atoms with van der Waals surface area (Å²) in [5, 5.41) is 5.65. The number of carbonyl (C=O) groups is 1. The number of hydrogen-bond acceptors (Lipinski definition) is 5. The van der Waals surface area contributed by atoms with Crippen molar-refractivity contribution in [2.45, 2.75) is 26.1 Å². The monoisotopic (exact) mass is 522 g/mol. The Labute approximate surface area is 182 Å². The first-order valence-corrected chi connectivity index (χ1v) is 10.4. The summed E-state index contributed by atoms with van der Waals surface area (Å²) in [6, 6.07) is 5.93. The van der Waals surface area contributed by atoms with E-state index in [2.05, 4.69) is 44.4 Å². The Morgan fingerprint density at radius 2 is 2.11 bits per heavy atom. The van der Waals surface area contributed by atoms with Crippen molar-refractivity contribution in [3.63, 3.8) is 0 Å². The van der Waals surface area contributed by atoms with E-state index in [1.54, 1.807) is 11.8 Å². The first-order valence-electron chi connectivity index (χ1n) is 8.57. The first kappa shape index (κ1) is 20.7. The molecular formula is C18H21Cl2IN4O2. The van der Waals surface area contributed by atoms with Crippen LogP contribution in [0.2, 0.25) is 10.0 Å². The van der Waals surface area contributed by atoms with E-state index in [-0.39, 0.29) is 6.04 Å². The summed E-state index contributed by atoms with van der Waals surface area (Å²) in [6.07, 6.45) is 0.465. The molecule has 6 nitrogen and oxygen atoms in total. The summed E-state index contributed by atoms with van der Waals surface area (Å²) in [7, 11) is 1.61. The maximum atomic E-state index is 11.9. The number of benzene rings is 1. The highest BCUT2D eigenvalue weighted by Crippen LogP contribution is 2.32. The van der Waals surface area contributed by atoms with Crippen molar-refractivity contribution >= 4 is 57.8 Å². The summed E-state index contributed by atoms with van der Waals surface area (Å²) in [4.78, 5) is 16.3. The van der Waals surface area contributed by atoms with Crippen molar-refractivity contribution in [3.8, 4) is 5.75 Å². The van der Waals surface area contributed by atoms with Crippen molar-refractivity contribution in [3.05, 3.63) is 37.6 Å². The van der Waals surface area contributed by atoms with E-state index in [1.807, 2.05) is 25.1 Å². The van der Waals surface area contributed by atoms with E-state index < -0.39 is 6.17 Å². The van der Waals surface area contributed by atoms with Gasteiger partial charge in [0.05, 0.1) is 22.8 Å². The summed E-state index contributed by atoms with van der Waals surface area (Å²) in [5.74, 6) is 0.659. The van der Waals surface area contributed by atoms with Gasteiger partial charge in [-0.25, -0.2) is 4.68 Å². The van der Waals surface area contributed by atoms with Gasteiger partial charge in [0.2, 0.25) is 0 Å². The SMILES string of the molecule is COc1cc(N2CCN(C(C=O)n3nc(I)c(Cl)c3C)C(C)C2)ccc1Cl. The third kappa shape index (κ3) is 4.06. The van der Waals surface area contributed by atoms with Crippen LogP contribution in [0.15, 0.2) is 18.2 Å². The molecule has 2 heterocycles. The van der Waals surface area contributed by atoms with Crippen LogP contribution in [0.1, 0.15) is 18.8 Å². The number of piperazine rings is 1. The second-order valence-corrected chi connectivity index (χ2v) is 8.34. The van der Waals surface area contributed by atoms with E-state index in [1.165, 1.54) is 0 Å². The average Bonchev–Trinajstić information content (AvgIpc) is 2.91. The lowest BCUT2D eigenvalue weighted by Gasteiger charge is -2.43. The smallest absolute Gasteiger partial charge is 0.161 e. The van der Waals surface area contributed by atoms with Gasteiger partial charge >= 0.3 is 0 Å². The lowest BCUT2D eigenvalue weighted by atomic mass is 10.1. The molecule has 27 heavy (non-hydrogen) atoms. The summed E-state index contributed by atoms with van der Waals surface area (Å²) in [5.41, 5.74) is 1.86. The molecule has 1 saturated heterocycles. The minimum absolute atomic E-state index is 0.149. The summed E-state index contributed by atoms with van der Waals surface area (Å²) in [6.45, 7) is 6.28. The Hall–Kier alpha value is -1.03. The molecule has 0 saturated carbocycles. The fourth-order valence-electron chi connectivity index (χ4n) is 3.44. The minimum Gasteiger partial charge on any atom is -0.495 e. The van der Waals surface area contributed by atoms with Crippen molar-refractivity contribution in [2.75, 3.05) is 31.6 Å². The molecule has 0 amide bonds. The largest absolute Gasteiger partial charge is 0.495 e. The Balaban J connectivity index is 1.79. The number of aldehydes is 1. The van der Waals surface area contributed by atoms with E-state index in [0.29, 0.717) is 19.5 Å². The normalized spacial score (nSPS) is 19.2. The van der Waals surface area contributed by atoms with Crippen molar-refractivity contribution in [2.24, 2.45) is 0 Å². The zero-order chi connectivity index (χ0) is 19.7. The molecular weight excluding hydrogens is 502 g/mol. The van der Waals surface area contributed by atoms with Gasteiger partial charge in [0.25, 0.3) is 0 Å². The van der Waals surface area contributed by atoms with Crippen molar-refractivity contribution in [1.29, 1.82) is 0 Å². The highest BCUT2D eigenvalue weighted by Gasteiger charge is 2.32. The number of methoxy groups -OCH3 is 1. The van der Waals surface area contributed by atoms with Gasteiger partial charge < -0.3 is 9.64 Å². The van der Waals surface area contributed by atoms with Crippen LogP contribution in [-0.2, 0) is 4.79 Å². The fraction of sp³-hybridized carbons (Fsp3) is 0.444. The molecule has 0 radical (unpaired) electrons. The van der Waals surface area contributed by atoms with Crippen LogP contribution in [0.4, 0.5) is 5.69 Å². The molecule has 1 aliphatic heterocycles. The fourth-order valence-corrected chi connectivity index (χ4v) is 4.38. The highest BCUT2D eigenvalue weighted by atomic mass is 127. The maximum Gasteiger partial charge on any atom is 0.161 e. The van der Waals surface area contributed by atoms with Crippen LogP contribution in [0, 0.1) is 10.6 Å². The third-order valence-corrected chi connectivity index (χ3v) is 6.77. The standard InChI is InChI=1S/C18H21Cl2IN4O2/c1-11-9-23(13-4-5-14(19)15(8-13)27-3)6-7-24(11)16(10-26)25-12(2)17(20)18(21)22-25/h4-5,8,10-11,16H,6-7,9H2,1-3H3. The number of anilines is 1. The molecule has 0 aliphatic carbocycles. The van der Waals surface area contributed by atoms with E-state index in [0.717, 1.165) is 37.3 Å². The molecule has 9 heteroatoms. The molecule has 2 aromatic rings. The van der Waals surface area contributed by atoms with Crippen LogP contribution in [-0.4, -0.2) is 53.8 Å². The highest BCUT2D eigenvalue weighted by molar-refractivity contribution is 14.1. The first-order chi connectivity index (χ1) is 12.9. The number of aromatic nitrogens is 2. The van der Waals surface area contributed by atoms with Gasteiger partial charge in [0, 0.05) is 37.4 Å². The number of carbonyl (C=O) groups excluding carboxylic acids is 1. The number of hydrogen-bond donors (Lipinski definition) is 0. The van der Waals surface area contributed by atoms with Gasteiger partial charge in [-0.05, 0) is 48.6 Å². The molecule has 0 N–H and O–H groups in total. The number of halogens is 3. The quantitative estimate of drug-likeness (QED) is 0.438. The summed E-state index contributed by atoms with van der Waals surface area (Å²) < 4.78 is 7.75. The molecule has 0 bridgehead atoms. The molecule has 1 aliphatic rings. The Morgan fingerprint density at radius 3 is 2.67 bits per heavy atom. The van der Waals surface area contributed by atoms with Gasteiger partial charge in [0.1, 0.15) is 9.45 Å². The molecule has 2 atom stereocenters. The Bertz CT molecular complexity index is 845. The van der Waals surface area contributed by atoms with Gasteiger partial charge in [-0.15, -0.1) is 0 Å². The third-order valence-electron chi connectivity index (χ3n) is 4.93. The van der Waals surface area contributed by atoms with Gasteiger partial charge in [-0.2, -0.15) is 5.10 Å². The van der Waals surface area contributed by atoms with Crippen LogP contribution in [0.3, 0.4) is 0 Å². The number of rotatable bonds is 5. The minimum atomic E-state index is -0.470. The zero-order valence-electron chi connectivity index (χ0n) is 15.3. The predicted octanol–water partition coefficient (Wildman–Crippen LogP) is 4.02. The topological polar surface area (TPSA) is 50.6 Å². The van der Waals surface area contributed by atoms with Crippen LogP contribution < -0.4 is 9.64 Å². The second-order valence-electron chi connectivity index (χ2n) is 6.54. The van der Waals surface area contributed by atoms with E-state index >= 15 is 0 Å². The van der Waals surface area contributed by atoms with Crippen LogP contribution in [0.25, 0.3) is 0 Å². The van der Waals surface area contributed by atoms with E-state index in [4.69, 9.17) is 27.9 Å². The zero-order valence-corrected chi connectivity index (χ0v) is 19.0. The summed E-state index contributed by atoms with van der Waals surface area (Å²) >= 11 is 14.5. The Kier molecular flexibility index (Phi) is 6.55.